The Morgan fingerprint density at radius 1 is 1.15 bits per heavy atom. The molecule has 7 fully saturated rings. The average Bonchev–Trinajstić information content (AvgIpc) is 2.54. The monoisotopic (exact) mass is 378 g/mol. The van der Waals surface area contributed by atoms with Crippen molar-refractivity contribution >= 4 is 18.0 Å². The quantitative estimate of drug-likeness (QED) is 0.708. The molecule has 7 nitrogen and oxygen atoms in total. The van der Waals surface area contributed by atoms with Gasteiger partial charge in [-0.05, 0) is 65.7 Å². The Morgan fingerprint density at radius 2 is 1.89 bits per heavy atom. The van der Waals surface area contributed by atoms with Gasteiger partial charge in [0.1, 0.15) is 11.7 Å². The van der Waals surface area contributed by atoms with Gasteiger partial charge in [0.25, 0.3) is 0 Å². The van der Waals surface area contributed by atoms with Crippen molar-refractivity contribution in [3.05, 3.63) is 0 Å². The number of hydrogen-bond donors (Lipinski definition) is 1. The van der Waals surface area contributed by atoms with Crippen LogP contribution in [-0.2, 0) is 19.1 Å². The molecule has 5 aliphatic heterocycles. The van der Waals surface area contributed by atoms with Crippen LogP contribution >= 0.6 is 0 Å². The van der Waals surface area contributed by atoms with Crippen LogP contribution in [0.2, 0.25) is 0 Å². The number of ether oxygens (including phenoxy) is 2. The van der Waals surface area contributed by atoms with Gasteiger partial charge < -0.3 is 19.7 Å². The van der Waals surface area contributed by atoms with Gasteiger partial charge in [-0.1, -0.05) is 0 Å². The van der Waals surface area contributed by atoms with E-state index >= 15 is 0 Å². The second-order valence-corrected chi connectivity index (χ2v) is 9.67. The van der Waals surface area contributed by atoms with Crippen LogP contribution in [0.3, 0.4) is 0 Å². The van der Waals surface area contributed by atoms with Crippen molar-refractivity contribution in [1.29, 1.82) is 0 Å². The number of carbonyl (C=O) groups excluding carboxylic acids is 3. The molecule has 7 heteroatoms. The van der Waals surface area contributed by atoms with E-state index in [1.165, 1.54) is 0 Å². The van der Waals surface area contributed by atoms with Crippen molar-refractivity contribution < 1.29 is 23.9 Å². The molecule has 2 spiro atoms. The fourth-order valence-electron chi connectivity index (χ4n) is 6.07. The van der Waals surface area contributed by atoms with E-state index in [4.69, 9.17) is 9.47 Å². The topological polar surface area (TPSA) is 84.9 Å². The van der Waals surface area contributed by atoms with Gasteiger partial charge in [-0.15, -0.1) is 0 Å². The molecule has 5 saturated heterocycles. The molecule has 27 heavy (non-hydrogen) atoms. The van der Waals surface area contributed by atoms with E-state index < -0.39 is 28.8 Å². The number of hydrogen-bond acceptors (Lipinski definition) is 5. The van der Waals surface area contributed by atoms with E-state index in [0.717, 1.165) is 32.1 Å². The van der Waals surface area contributed by atoms with Crippen LogP contribution < -0.4 is 5.32 Å². The molecule has 0 radical (unpaired) electrons. The first-order chi connectivity index (χ1) is 12.6. The van der Waals surface area contributed by atoms with Crippen LogP contribution in [0.4, 0.5) is 4.79 Å². The second kappa shape index (κ2) is 5.85. The first-order valence-corrected chi connectivity index (χ1v) is 10.1. The number of nitrogens with one attached hydrogen (secondary N) is 1. The van der Waals surface area contributed by atoms with E-state index in [2.05, 4.69) is 5.32 Å². The van der Waals surface area contributed by atoms with Gasteiger partial charge in [0, 0.05) is 13.1 Å². The summed E-state index contributed by atoms with van der Waals surface area (Å²) in [6.07, 6.45) is 3.85. The van der Waals surface area contributed by atoms with Crippen LogP contribution in [0.1, 0.15) is 65.7 Å². The Balaban J connectivity index is 1.73. The summed E-state index contributed by atoms with van der Waals surface area (Å²) in [5, 5.41) is 3.21. The molecule has 2 saturated carbocycles. The van der Waals surface area contributed by atoms with Crippen LogP contribution in [0.5, 0.6) is 0 Å². The Labute approximate surface area is 160 Å². The van der Waals surface area contributed by atoms with Crippen molar-refractivity contribution in [2.45, 2.75) is 89.0 Å². The zero-order chi connectivity index (χ0) is 19.6. The first-order valence-electron chi connectivity index (χ1n) is 10.1. The summed E-state index contributed by atoms with van der Waals surface area (Å²) in [6, 6.07) is -0.0198. The third-order valence-electron chi connectivity index (χ3n) is 7.19. The Hall–Kier alpha value is -1.79. The van der Waals surface area contributed by atoms with Crippen molar-refractivity contribution in [1.82, 2.24) is 10.2 Å². The molecule has 5 atom stereocenters. The molecule has 1 N–H and O–H groups in total. The lowest BCUT2D eigenvalue weighted by Gasteiger charge is -2.64. The first kappa shape index (κ1) is 18.6. The highest BCUT2D eigenvalue weighted by molar-refractivity contribution is 5.91. The number of amides is 2. The molecule has 150 valence electrons. The van der Waals surface area contributed by atoms with Crippen molar-refractivity contribution in [3.8, 4) is 0 Å². The fraction of sp³-hybridized carbons (Fsp3) is 0.850. The molecular formula is C20H30N2O5. The maximum atomic E-state index is 13.5. The predicted molar refractivity (Wildman–Crippen MR) is 96.8 cm³/mol. The maximum Gasteiger partial charge on any atom is 0.509 e. The molecule has 2 amide bonds. The normalized spacial score (nSPS) is 40.7. The highest BCUT2D eigenvalue weighted by atomic mass is 16.7. The van der Waals surface area contributed by atoms with Crippen molar-refractivity contribution in [3.63, 3.8) is 0 Å². The average molecular weight is 378 g/mol. The lowest BCUT2D eigenvalue weighted by atomic mass is 9.50. The third-order valence-corrected chi connectivity index (χ3v) is 7.19. The van der Waals surface area contributed by atoms with Gasteiger partial charge in [0.2, 0.25) is 11.8 Å². The SMILES string of the molecule is CN1C(=O)[C@@]23CCC[C@@H](OC(=O)OC(C)(C)C)[C@@]24CC[C@@H](C(=O)N4)[C@H]1CC3. The summed E-state index contributed by atoms with van der Waals surface area (Å²) in [5.74, 6) is -0.0812. The van der Waals surface area contributed by atoms with Crippen LogP contribution in [0, 0.1) is 11.3 Å². The van der Waals surface area contributed by atoms with E-state index in [-0.39, 0.29) is 23.8 Å². The second-order valence-electron chi connectivity index (χ2n) is 9.67. The number of piperidine rings is 2. The zero-order valence-corrected chi connectivity index (χ0v) is 16.7. The lowest BCUT2D eigenvalue weighted by Crippen LogP contribution is -2.80. The molecule has 4 bridgehead atoms. The van der Waals surface area contributed by atoms with E-state index in [1.54, 1.807) is 25.7 Å². The molecule has 0 aromatic heterocycles. The molecule has 7 aliphatic rings. The standard InChI is InChI=1S/C20H30N2O5/c1-18(2,3)27-17(25)26-14-6-5-9-19-10-8-13(22(4)16(19)24)12-7-11-20(14,19)21-15(12)23/h12-14H,5-11H2,1-4H3,(H,21,23)/t12-,13-,14-,19+,20+/m1/s1. The molecule has 0 unspecified atom stereocenters. The highest BCUT2D eigenvalue weighted by Crippen LogP contribution is 2.58. The largest absolute Gasteiger partial charge is 0.509 e. The van der Waals surface area contributed by atoms with Gasteiger partial charge in [-0.25, -0.2) is 4.79 Å². The van der Waals surface area contributed by atoms with E-state index in [1.807, 2.05) is 7.05 Å². The Kier molecular flexibility index (Phi) is 4.02. The van der Waals surface area contributed by atoms with Crippen molar-refractivity contribution in [2.24, 2.45) is 11.3 Å². The van der Waals surface area contributed by atoms with E-state index in [9.17, 15) is 14.4 Å². The van der Waals surface area contributed by atoms with Gasteiger partial charge in [-0.3, -0.25) is 9.59 Å². The zero-order valence-electron chi connectivity index (χ0n) is 16.7. The minimum Gasteiger partial charge on any atom is -0.429 e. The van der Waals surface area contributed by atoms with Crippen LogP contribution in [0.25, 0.3) is 0 Å². The van der Waals surface area contributed by atoms with Gasteiger partial charge in [0.05, 0.1) is 16.9 Å². The van der Waals surface area contributed by atoms with Crippen LogP contribution in [-0.4, -0.2) is 53.2 Å². The number of rotatable bonds is 1. The summed E-state index contributed by atoms with van der Waals surface area (Å²) in [7, 11) is 1.83. The molecule has 2 aliphatic carbocycles. The Morgan fingerprint density at radius 3 is 2.56 bits per heavy atom. The summed E-state index contributed by atoms with van der Waals surface area (Å²) >= 11 is 0. The van der Waals surface area contributed by atoms with E-state index in [0.29, 0.717) is 12.8 Å². The van der Waals surface area contributed by atoms with Gasteiger partial charge in [0.15, 0.2) is 0 Å². The summed E-state index contributed by atoms with van der Waals surface area (Å²) in [6.45, 7) is 5.37. The summed E-state index contributed by atoms with van der Waals surface area (Å²) < 4.78 is 11.1. The summed E-state index contributed by atoms with van der Waals surface area (Å²) in [5.41, 5.74) is -2.17. The van der Waals surface area contributed by atoms with Gasteiger partial charge in [-0.2, -0.15) is 0 Å². The minimum atomic E-state index is -0.827. The number of carbonyl (C=O) groups is 3. The molecule has 0 aromatic carbocycles. The fourth-order valence-corrected chi connectivity index (χ4v) is 6.07. The maximum absolute atomic E-state index is 13.5. The Bertz CT molecular complexity index is 686. The minimum absolute atomic E-state index is 0.00522. The summed E-state index contributed by atoms with van der Waals surface area (Å²) in [4.78, 5) is 40.6. The molecule has 0 aromatic rings. The molecular weight excluding hydrogens is 348 g/mol. The predicted octanol–water partition coefficient (Wildman–Crippen LogP) is 2.38. The third kappa shape index (κ3) is 2.57. The highest BCUT2D eigenvalue weighted by Gasteiger charge is 2.69. The van der Waals surface area contributed by atoms with Crippen molar-refractivity contribution in [2.75, 3.05) is 7.05 Å². The number of nitrogens with zero attached hydrogens (tertiary/aromatic N) is 1. The lowest BCUT2D eigenvalue weighted by molar-refractivity contribution is -0.192. The van der Waals surface area contributed by atoms with Gasteiger partial charge >= 0.3 is 6.16 Å². The van der Waals surface area contributed by atoms with Crippen LogP contribution in [0.15, 0.2) is 0 Å². The smallest absolute Gasteiger partial charge is 0.429 e. The molecule has 5 heterocycles. The molecule has 7 rings (SSSR count).